The predicted octanol–water partition coefficient (Wildman–Crippen LogP) is 24.7. The smallest absolute Gasteiger partial charge is 0.143 e. The van der Waals surface area contributed by atoms with Gasteiger partial charge in [0.2, 0.25) is 0 Å². The van der Waals surface area contributed by atoms with E-state index in [1.54, 1.807) is 0 Å². The van der Waals surface area contributed by atoms with E-state index >= 15 is 0 Å². The fourth-order valence-electron chi connectivity index (χ4n) is 16.3. The van der Waals surface area contributed by atoms with Crippen molar-refractivity contribution in [1.29, 1.82) is 10.5 Å². The van der Waals surface area contributed by atoms with Gasteiger partial charge in [-0.3, -0.25) is 0 Å². The van der Waals surface area contributed by atoms with Crippen molar-refractivity contribution >= 4 is 78.0 Å². The molecular formula is C92H62N4O2. The Hall–Kier alpha value is -12.7. The molecule has 4 heterocycles. The fourth-order valence-corrected chi connectivity index (χ4v) is 16.3. The van der Waals surface area contributed by atoms with Gasteiger partial charge in [0, 0.05) is 65.8 Å². The monoisotopic (exact) mass is 1250 g/mol. The Morgan fingerprint density at radius 1 is 0.296 bits per heavy atom. The number of nitriles is 2. The first kappa shape index (κ1) is 57.9. The summed E-state index contributed by atoms with van der Waals surface area (Å²) in [5, 5.41) is 24.8. The zero-order valence-corrected chi connectivity index (χ0v) is 54.3. The highest BCUT2D eigenvalue weighted by Crippen LogP contribution is 2.58. The largest absolute Gasteiger partial charge is 0.455 e. The highest BCUT2D eigenvalue weighted by atomic mass is 16.3. The number of benzene rings is 14. The molecule has 0 N–H and O–H groups in total. The molecule has 2 aliphatic heterocycles. The molecule has 98 heavy (non-hydrogen) atoms. The number of furan rings is 2. The second-order valence-corrected chi connectivity index (χ2v) is 26.6. The van der Waals surface area contributed by atoms with Gasteiger partial charge in [-0.15, -0.1) is 0 Å². The van der Waals surface area contributed by atoms with E-state index < -0.39 is 5.41 Å². The molecule has 2 aromatic heterocycles. The summed E-state index contributed by atoms with van der Waals surface area (Å²) in [4.78, 5) is 4.88. The average molecular weight is 1260 g/mol. The maximum Gasteiger partial charge on any atom is 0.143 e. The van der Waals surface area contributed by atoms with Crippen LogP contribution in [0.25, 0.3) is 111 Å². The first-order chi connectivity index (χ1) is 48.2. The molecule has 16 aromatic rings. The van der Waals surface area contributed by atoms with Gasteiger partial charge in [0.05, 0.1) is 57.4 Å². The molecule has 0 spiro atoms. The van der Waals surface area contributed by atoms with E-state index in [1.165, 1.54) is 22.5 Å². The summed E-state index contributed by atoms with van der Waals surface area (Å²) >= 11 is 0. The van der Waals surface area contributed by atoms with Crippen molar-refractivity contribution in [3.8, 4) is 78.9 Å². The maximum atomic E-state index is 11.1. The second-order valence-electron chi connectivity index (χ2n) is 26.6. The van der Waals surface area contributed by atoms with Crippen LogP contribution in [0.2, 0.25) is 0 Å². The number of hydrogen-bond donors (Lipinski definition) is 0. The Morgan fingerprint density at radius 2 is 0.622 bits per heavy atom. The normalized spacial score (nSPS) is 13.4. The molecule has 6 nitrogen and oxygen atoms in total. The Labute approximate surface area is 569 Å². The van der Waals surface area contributed by atoms with Crippen LogP contribution in [0.5, 0.6) is 0 Å². The molecule has 0 bridgehead atoms. The first-order valence-electron chi connectivity index (χ1n) is 33.5. The minimum atomic E-state index is -0.585. The van der Waals surface area contributed by atoms with Crippen molar-refractivity contribution in [2.24, 2.45) is 0 Å². The Bertz CT molecular complexity index is 5930. The molecule has 6 heteroatoms. The number of fused-ring (bicyclic) bond motifs is 10. The van der Waals surface area contributed by atoms with Gasteiger partial charge < -0.3 is 18.6 Å². The van der Waals surface area contributed by atoms with Crippen molar-refractivity contribution in [3.63, 3.8) is 0 Å². The van der Waals surface area contributed by atoms with E-state index in [4.69, 9.17) is 8.83 Å². The minimum Gasteiger partial charge on any atom is -0.455 e. The molecule has 14 aromatic carbocycles. The number of nitrogens with zero attached hydrogens (tertiary/aromatic N) is 4. The predicted molar refractivity (Wildman–Crippen MR) is 401 cm³/mol. The molecule has 0 fully saturated rings. The van der Waals surface area contributed by atoms with Gasteiger partial charge >= 0.3 is 0 Å². The summed E-state index contributed by atoms with van der Waals surface area (Å²) in [5.74, 6) is 0. The van der Waals surface area contributed by atoms with Crippen LogP contribution < -0.4 is 9.80 Å². The van der Waals surface area contributed by atoms with Crippen molar-refractivity contribution in [1.82, 2.24) is 0 Å². The van der Waals surface area contributed by atoms with Crippen LogP contribution in [0.4, 0.5) is 34.1 Å². The molecule has 18 rings (SSSR count). The van der Waals surface area contributed by atoms with Crippen LogP contribution in [-0.4, -0.2) is 0 Å². The van der Waals surface area contributed by atoms with Gasteiger partial charge in [0.25, 0.3) is 0 Å². The summed E-state index contributed by atoms with van der Waals surface area (Å²) < 4.78 is 14.6. The summed E-state index contributed by atoms with van der Waals surface area (Å²) in [6, 6.07) is 115. The lowest BCUT2D eigenvalue weighted by atomic mass is 9.68. The molecule has 0 saturated heterocycles. The van der Waals surface area contributed by atoms with E-state index in [-0.39, 0.29) is 5.41 Å². The fraction of sp³-hybridized carbons (Fsp3) is 0.0652. The Balaban J connectivity index is 0.721. The van der Waals surface area contributed by atoms with Gasteiger partial charge in [-0.2, -0.15) is 10.5 Å². The summed E-state index contributed by atoms with van der Waals surface area (Å²) in [5.41, 5.74) is 28.5. The Kier molecular flexibility index (Phi) is 13.4. The maximum absolute atomic E-state index is 11.1. The third-order valence-corrected chi connectivity index (χ3v) is 20.9. The van der Waals surface area contributed by atoms with Crippen LogP contribution in [0.1, 0.15) is 59.7 Å². The SMILES string of the molecule is CC1(C)c2ccccc2N(c2ccccc2-c2cccc3c2oc2c(-c4ccccc4N4c5ccccc5C(C)(Cc5cc(-c6ccccc6-c6cccc7c6oc6c(-c8ccccc8-c8ccc(C#N)cc8)cccc67)ccc5C#N)c5ccccc54)cccc23)c2ccccc21. The van der Waals surface area contributed by atoms with Crippen LogP contribution in [0, 0.1) is 22.7 Å². The van der Waals surface area contributed by atoms with Gasteiger partial charge in [0.1, 0.15) is 22.3 Å². The zero-order valence-electron chi connectivity index (χ0n) is 54.3. The van der Waals surface area contributed by atoms with E-state index in [1.807, 2.05) is 30.3 Å². The number of anilines is 6. The van der Waals surface area contributed by atoms with Gasteiger partial charge in [-0.25, -0.2) is 0 Å². The number of para-hydroxylation sites is 10. The average Bonchev–Trinajstić information content (AvgIpc) is 0.846. The van der Waals surface area contributed by atoms with E-state index in [2.05, 4.69) is 322 Å². The highest BCUT2D eigenvalue weighted by molar-refractivity contribution is 6.16. The Morgan fingerprint density at radius 3 is 1.04 bits per heavy atom. The third-order valence-electron chi connectivity index (χ3n) is 20.9. The van der Waals surface area contributed by atoms with E-state index in [0.717, 1.165) is 150 Å². The summed E-state index contributed by atoms with van der Waals surface area (Å²) in [6.07, 6.45) is 0.555. The molecular weight excluding hydrogens is 1190 g/mol. The topological polar surface area (TPSA) is 80.3 Å². The van der Waals surface area contributed by atoms with Crippen LogP contribution in [0.15, 0.2) is 318 Å². The molecule has 0 unspecified atom stereocenters. The van der Waals surface area contributed by atoms with Crippen LogP contribution in [0.3, 0.4) is 0 Å². The van der Waals surface area contributed by atoms with Crippen molar-refractivity contribution in [3.05, 3.63) is 348 Å². The van der Waals surface area contributed by atoms with E-state index in [9.17, 15) is 10.5 Å². The number of hydrogen-bond acceptors (Lipinski definition) is 6. The summed E-state index contributed by atoms with van der Waals surface area (Å²) in [6.45, 7) is 7.01. The lowest BCUT2D eigenvalue weighted by molar-refractivity contribution is 0.561. The van der Waals surface area contributed by atoms with Crippen LogP contribution >= 0.6 is 0 Å². The molecule has 2 aliphatic rings. The molecule has 0 radical (unpaired) electrons. The second kappa shape index (κ2) is 22.7. The number of rotatable bonds is 10. The first-order valence-corrected chi connectivity index (χ1v) is 33.5. The van der Waals surface area contributed by atoms with E-state index in [0.29, 0.717) is 17.5 Å². The highest BCUT2D eigenvalue weighted by Gasteiger charge is 2.42. The lowest BCUT2D eigenvalue weighted by Gasteiger charge is -2.44. The minimum absolute atomic E-state index is 0.192. The zero-order chi connectivity index (χ0) is 65.8. The lowest BCUT2D eigenvalue weighted by Crippen LogP contribution is -2.35. The molecule has 0 amide bonds. The molecule has 0 saturated carbocycles. The molecule has 0 atom stereocenters. The van der Waals surface area contributed by atoms with Crippen LogP contribution in [-0.2, 0) is 17.3 Å². The van der Waals surface area contributed by atoms with Crippen molar-refractivity contribution in [2.75, 3.05) is 9.80 Å². The van der Waals surface area contributed by atoms with Crippen molar-refractivity contribution < 1.29 is 8.83 Å². The molecule has 0 aliphatic carbocycles. The van der Waals surface area contributed by atoms with Gasteiger partial charge in [-0.05, 0) is 128 Å². The van der Waals surface area contributed by atoms with Gasteiger partial charge in [-0.1, -0.05) is 269 Å². The van der Waals surface area contributed by atoms with Crippen molar-refractivity contribution in [2.45, 2.75) is 38.0 Å². The molecule has 462 valence electrons. The van der Waals surface area contributed by atoms with Gasteiger partial charge in [0.15, 0.2) is 0 Å². The standard InChI is InChI=1S/C92H62N4O2/c1-91(2)77-38-10-16-44-83(77)95(84-45-17-11-39-78(84)91)81-42-14-8-28-67(81)71-32-22-36-75-76-37-23-33-72(90(76)98-89(71)75)68-29-9-15-43-82(68)96-85-46-18-12-40-79(85)92(3,80-41-13-19-47-86(80)96)55-62-54-60(52-53-61(62)57-94)64-25-5-7-27-66(64)70-31-21-35-74-73-34-20-30-69(87(73)97-88(70)74)65-26-6-4-24-63(65)59-50-48-58(56-93)49-51-59/h4-54H,55H2,1-3H3. The quantitative estimate of drug-likeness (QED) is 0.136. The third kappa shape index (κ3) is 8.92. The summed E-state index contributed by atoms with van der Waals surface area (Å²) in [7, 11) is 0.